The van der Waals surface area contributed by atoms with Gasteiger partial charge in [-0.25, -0.2) is 8.42 Å². The number of sulfone groups is 1. The first-order valence-electron chi connectivity index (χ1n) is 9.31. The average molecular weight is 365 g/mol. The first-order valence-corrected chi connectivity index (χ1v) is 11.1. The normalized spacial score (nSPS) is 26.4. The molecule has 0 aromatic heterocycles. The van der Waals surface area contributed by atoms with Gasteiger partial charge in [0.15, 0.2) is 9.84 Å². The van der Waals surface area contributed by atoms with Crippen molar-refractivity contribution in [2.24, 2.45) is 0 Å². The molecule has 2 unspecified atom stereocenters. The quantitative estimate of drug-likeness (QED) is 0.836. The van der Waals surface area contributed by atoms with Crippen molar-refractivity contribution >= 4 is 15.7 Å². The maximum atomic E-state index is 12.3. The van der Waals surface area contributed by atoms with Gasteiger partial charge < -0.3 is 5.32 Å². The minimum atomic E-state index is -3.06. The molecular formula is C19H28N2O3S. The second-order valence-electron chi connectivity index (χ2n) is 7.25. The summed E-state index contributed by atoms with van der Waals surface area (Å²) in [6, 6.07) is 9.80. The van der Waals surface area contributed by atoms with Crippen LogP contribution in [0.2, 0.25) is 0 Å². The molecule has 0 saturated carbocycles. The Morgan fingerprint density at radius 1 is 1.08 bits per heavy atom. The summed E-state index contributed by atoms with van der Waals surface area (Å²) in [5.41, 5.74) is 1.23. The number of aryl methyl sites for hydroxylation is 1. The van der Waals surface area contributed by atoms with Crippen LogP contribution in [0.1, 0.15) is 37.7 Å². The molecule has 2 saturated heterocycles. The van der Waals surface area contributed by atoms with Crippen molar-refractivity contribution in [2.75, 3.05) is 24.6 Å². The summed E-state index contributed by atoms with van der Waals surface area (Å²) in [5.74, 6) is 0.237. The highest BCUT2D eigenvalue weighted by atomic mass is 32.2. The highest BCUT2D eigenvalue weighted by molar-refractivity contribution is 7.91. The van der Waals surface area contributed by atoms with Gasteiger partial charge in [0.05, 0.1) is 17.5 Å². The molecule has 0 aliphatic carbocycles. The van der Waals surface area contributed by atoms with Crippen LogP contribution in [0.4, 0.5) is 0 Å². The van der Waals surface area contributed by atoms with Crippen molar-refractivity contribution in [2.45, 2.75) is 50.6 Å². The summed E-state index contributed by atoms with van der Waals surface area (Å²) in [5, 5.41) is 3.01. The number of rotatable bonds is 6. The monoisotopic (exact) mass is 364 g/mol. The van der Waals surface area contributed by atoms with E-state index in [1.165, 1.54) is 12.0 Å². The molecule has 138 valence electrons. The molecule has 25 heavy (non-hydrogen) atoms. The van der Waals surface area contributed by atoms with Crippen molar-refractivity contribution in [3.63, 3.8) is 0 Å². The first kappa shape index (κ1) is 18.4. The fourth-order valence-corrected chi connectivity index (χ4v) is 5.91. The van der Waals surface area contributed by atoms with Gasteiger partial charge in [-0.1, -0.05) is 36.8 Å². The zero-order valence-corrected chi connectivity index (χ0v) is 15.5. The van der Waals surface area contributed by atoms with Gasteiger partial charge in [0.2, 0.25) is 5.91 Å². The van der Waals surface area contributed by atoms with Crippen LogP contribution in [-0.2, 0) is 21.1 Å². The van der Waals surface area contributed by atoms with Crippen molar-refractivity contribution in [3.8, 4) is 0 Å². The summed E-state index contributed by atoms with van der Waals surface area (Å²) >= 11 is 0. The Kier molecular flexibility index (Phi) is 6.12. The third kappa shape index (κ3) is 5.28. The van der Waals surface area contributed by atoms with Crippen LogP contribution in [0.3, 0.4) is 0 Å². The highest BCUT2D eigenvalue weighted by Gasteiger charge is 2.41. The van der Waals surface area contributed by atoms with Crippen LogP contribution in [-0.4, -0.2) is 55.9 Å². The number of hydrogen-bond donors (Lipinski definition) is 1. The Bertz CT molecular complexity index is 669. The van der Waals surface area contributed by atoms with E-state index in [4.69, 9.17) is 0 Å². The molecule has 0 radical (unpaired) electrons. The summed E-state index contributed by atoms with van der Waals surface area (Å²) in [7, 11) is -3.06. The average Bonchev–Trinajstić information content (AvgIpc) is 2.91. The van der Waals surface area contributed by atoms with Crippen molar-refractivity contribution < 1.29 is 13.2 Å². The van der Waals surface area contributed by atoms with Crippen LogP contribution >= 0.6 is 0 Å². The van der Waals surface area contributed by atoms with Gasteiger partial charge in [-0.2, -0.15) is 0 Å². The van der Waals surface area contributed by atoms with Crippen molar-refractivity contribution in [1.82, 2.24) is 10.2 Å². The zero-order chi connectivity index (χ0) is 17.7. The standard InChI is InChI=1S/C19H28N2O3S/c22-19(11-7-10-16-8-3-1-4-9-16)20-17-14-25(23,24)15-18(17)21-12-5-2-6-13-21/h1,3-4,8-9,17-18H,2,5-7,10-15H2,(H,20,22). The molecule has 6 heteroatoms. The van der Waals surface area contributed by atoms with E-state index in [0.29, 0.717) is 6.42 Å². The molecule has 0 spiro atoms. The van der Waals surface area contributed by atoms with Gasteiger partial charge in [0.25, 0.3) is 0 Å². The number of nitrogens with one attached hydrogen (secondary N) is 1. The zero-order valence-electron chi connectivity index (χ0n) is 14.7. The summed E-state index contributed by atoms with van der Waals surface area (Å²) < 4.78 is 24.2. The van der Waals surface area contributed by atoms with Gasteiger partial charge >= 0.3 is 0 Å². The lowest BCUT2D eigenvalue weighted by atomic mass is 10.0. The molecule has 1 N–H and O–H groups in total. The fourth-order valence-electron chi connectivity index (χ4n) is 3.95. The topological polar surface area (TPSA) is 66.5 Å². The lowest BCUT2D eigenvalue weighted by Gasteiger charge is -2.35. The molecule has 1 amide bonds. The molecule has 2 aliphatic rings. The summed E-state index contributed by atoms with van der Waals surface area (Å²) in [6.45, 7) is 1.89. The molecule has 2 heterocycles. The molecular weight excluding hydrogens is 336 g/mol. The van der Waals surface area contributed by atoms with Gasteiger partial charge in [-0.3, -0.25) is 9.69 Å². The number of likely N-dealkylation sites (tertiary alicyclic amines) is 1. The Balaban J connectivity index is 1.51. The molecule has 2 fully saturated rings. The Labute approximate surface area is 150 Å². The van der Waals surface area contributed by atoms with Crippen LogP contribution in [0.15, 0.2) is 30.3 Å². The van der Waals surface area contributed by atoms with Gasteiger partial charge in [0.1, 0.15) is 0 Å². The Hall–Kier alpha value is -1.40. The largest absolute Gasteiger partial charge is 0.351 e. The molecule has 0 bridgehead atoms. The van der Waals surface area contributed by atoms with Gasteiger partial charge in [-0.05, 0) is 44.3 Å². The van der Waals surface area contributed by atoms with Gasteiger partial charge in [0, 0.05) is 12.5 Å². The summed E-state index contributed by atoms with van der Waals surface area (Å²) in [6.07, 6.45) is 5.55. The molecule has 1 aromatic carbocycles. The predicted octanol–water partition coefficient (Wildman–Crippen LogP) is 1.78. The lowest BCUT2D eigenvalue weighted by Crippen LogP contribution is -2.52. The van der Waals surface area contributed by atoms with Crippen molar-refractivity contribution in [3.05, 3.63) is 35.9 Å². The van der Waals surface area contributed by atoms with Gasteiger partial charge in [-0.15, -0.1) is 0 Å². The third-order valence-corrected chi connectivity index (χ3v) is 6.96. The molecule has 3 rings (SSSR count). The highest BCUT2D eigenvalue weighted by Crippen LogP contribution is 2.22. The number of amides is 1. The number of carbonyl (C=O) groups excluding carboxylic acids is 1. The second-order valence-corrected chi connectivity index (χ2v) is 9.41. The van der Waals surface area contributed by atoms with E-state index >= 15 is 0 Å². The lowest BCUT2D eigenvalue weighted by molar-refractivity contribution is -0.122. The number of benzene rings is 1. The minimum Gasteiger partial charge on any atom is -0.351 e. The fraction of sp³-hybridized carbons (Fsp3) is 0.632. The van der Waals surface area contributed by atoms with E-state index in [9.17, 15) is 13.2 Å². The SMILES string of the molecule is O=C(CCCc1ccccc1)NC1CS(=O)(=O)CC1N1CCCCC1. The number of piperidine rings is 1. The van der Waals surface area contributed by atoms with E-state index in [-0.39, 0.29) is 29.5 Å². The summed E-state index contributed by atoms with van der Waals surface area (Å²) in [4.78, 5) is 14.6. The van der Waals surface area contributed by atoms with E-state index in [2.05, 4.69) is 22.3 Å². The second kappa shape index (κ2) is 8.32. The predicted molar refractivity (Wildman–Crippen MR) is 99.2 cm³/mol. The van der Waals surface area contributed by atoms with Crippen LogP contribution < -0.4 is 5.32 Å². The molecule has 2 aliphatic heterocycles. The van der Waals surface area contributed by atoms with E-state index in [0.717, 1.165) is 38.8 Å². The number of carbonyl (C=O) groups is 1. The number of nitrogens with zero attached hydrogens (tertiary/aromatic N) is 1. The minimum absolute atomic E-state index is 0.0277. The van der Waals surface area contributed by atoms with Crippen molar-refractivity contribution in [1.29, 1.82) is 0 Å². The molecule has 5 nitrogen and oxygen atoms in total. The van der Waals surface area contributed by atoms with Crippen LogP contribution in [0.25, 0.3) is 0 Å². The third-order valence-electron chi connectivity index (χ3n) is 5.24. The molecule has 1 aromatic rings. The maximum Gasteiger partial charge on any atom is 0.220 e. The Morgan fingerprint density at radius 2 is 1.80 bits per heavy atom. The van der Waals surface area contributed by atoms with E-state index < -0.39 is 9.84 Å². The van der Waals surface area contributed by atoms with E-state index in [1.54, 1.807) is 0 Å². The van der Waals surface area contributed by atoms with Crippen LogP contribution in [0, 0.1) is 0 Å². The molecule has 2 atom stereocenters. The smallest absolute Gasteiger partial charge is 0.220 e. The van der Waals surface area contributed by atoms with E-state index in [1.807, 2.05) is 18.2 Å². The first-order chi connectivity index (χ1) is 12.0. The number of hydrogen-bond acceptors (Lipinski definition) is 4. The van der Waals surface area contributed by atoms with Crippen LogP contribution in [0.5, 0.6) is 0 Å². The Morgan fingerprint density at radius 3 is 2.52 bits per heavy atom. The maximum absolute atomic E-state index is 12.3.